The molecule has 1 aliphatic heterocycles. The highest BCUT2D eigenvalue weighted by atomic mass is 35.5. The first-order valence-electron chi connectivity index (χ1n) is 11.9. The van der Waals surface area contributed by atoms with Crippen LogP contribution in [-0.2, 0) is 14.8 Å². The first-order chi connectivity index (χ1) is 17.2. The molecule has 36 heavy (non-hydrogen) atoms. The molecule has 1 unspecified atom stereocenters. The summed E-state index contributed by atoms with van der Waals surface area (Å²) in [5.41, 5.74) is 2.85. The summed E-state index contributed by atoms with van der Waals surface area (Å²) in [6, 6.07) is 8.98. The van der Waals surface area contributed by atoms with E-state index in [0.29, 0.717) is 10.6 Å². The molecular formula is C26H28ClN3O4S2. The van der Waals surface area contributed by atoms with Crippen LogP contribution in [-0.4, -0.2) is 44.5 Å². The number of ether oxygens (including phenoxy) is 1. The molecular weight excluding hydrogens is 518 g/mol. The number of hydrogen-bond acceptors (Lipinski definition) is 6. The van der Waals surface area contributed by atoms with E-state index < -0.39 is 16.0 Å². The second kappa shape index (κ2) is 9.70. The number of aryl methyl sites for hydroxylation is 1. The Morgan fingerprint density at radius 3 is 2.81 bits per heavy atom. The summed E-state index contributed by atoms with van der Waals surface area (Å²) in [7, 11) is -1.88. The lowest BCUT2D eigenvalue weighted by Gasteiger charge is -2.32. The summed E-state index contributed by atoms with van der Waals surface area (Å²) in [4.78, 5) is 18.6. The Labute approximate surface area is 219 Å². The van der Waals surface area contributed by atoms with Crippen molar-refractivity contribution in [3.8, 4) is 0 Å². The number of anilines is 1. The van der Waals surface area contributed by atoms with Crippen molar-refractivity contribution in [2.75, 3.05) is 24.9 Å². The SMILES string of the molecule is CCOC(=O)c1cc2c(C3CCCCN3C)c[nH]c2cc1NS(=O)(=O)c1sc2ccc(Cl)cc2c1C. The number of piperidine rings is 1. The van der Waals surface area contributed by atoms with Crippen molar-refractivity contribution in [2.24, 2.45) is 0 Å². The number of hydrogen-bond donors (Lipinski definition) is 2. The number of aromatic nitrogens is 1. The molecule has 1 atom stereocenters. The average molecular weight is 546 g/mol. The largest absolute Gasteiger partial charge is 0.462 e. The highest BCUT2D eigenvalue weighted by Crippen LogP contribution is 2.39. The summed E-state index contributed by atoms with van der Waals surface area (Å²) in [5, 5.41) is 2.23. The fourth-order valence-corrected chi connectivity index (χ4v) is 8.01. The first-order valence-corrected chi connectivity index (χ1v) is 14.6. The van der Waals surface area contributed by atoms with E-state index in [9.17, 15) is 13.2 Å². The zero-order chi connectivity index (χ0) is 25.6. The molecule has 4 aromatic rings. The lowest BCUT2D eigenvalue weighted by molar-refractivity contribution is 0.0528. The Morgan fingerprint density at radius 2 is 2.06 bits per heavy atom. The summed E-state index contributed by atoms with van der Waals surface area (Å²) >= 11 is 7.30. The summed E-state index contributed by atoms with van der Waals surface area (Å²) in [6.45, 7) is 4.69. The Kier molecular flexibility index (Phi) is 6.76. The number of carbonyl (C=O) groups is 1. The molecule has 0 spiro atoms. The standard InChI is InChI=1S/C26H28ClN3O4S2/c1-4-34-25(31)19-12-18-20(23-7-5-6-10-30(23)3)14-28-21(18)13-22(19)29-36(32,33)26-15(2)17-11-16(27)8-9-24(17)35-26/h8-9,11-14,23,28-29H,4-7,10H2,1-3H3. The highest BCUT2D eigenvalue weighted by molar-refractivity contribution is 7.95. The molecule has 0 saturated carbocycles. The molecule has 0 radical (unpaired) electrons. The average Bonchev–Trinajstić information content (AvgIpc) is 3.39. The van der Waals surface area contributed by atoms with Gasteiger partial charge in [0, 0.05) is 32.9 Å². The lowest BCUT2D eigenvalue weighted by Crippen LogP contribution is -2.29. The van der Waals surface area contributed by atoms with Gasteiger partial charge in [-0.05, 0) is 87.1 Å². The van der Waals surface area contributed by atoms with Gasteiger partial charge in [0.05, 0.1) is 17.9 Å². The predicted molar refractivity (Wildman–Crippen MR) is 146 cm³/mol. The molecule has 190 valence electrons. The predicted octanol–water partition coefficient (Wildman–Crippen LogP) is 6.48. The van der Waals surface area contributed by atoms with Gasteiger partial charge < -0.3 is 9.72 Å². The molecule has 0 aliphatic carbocycles. The van der Waals surface area contributed by atoms with E-state index in [1.807, 2.05) is 12.3 Å². The van der Waals surface area contributed by atoms with E-state index in [1.54, 1.807) is 38.1 Å². The maximum absolute atomic E-state index is 13.5. The maximum Gasteiger partial charge on any atom is 0.340 e. The molecule has 3 heterocycles. The molecule has 1 saturated heterocycles. The molecule has 7 nitrogen and oxygen atoms in total. The van der Waals surface area contributed by atoms with Crippen LogP contribution < -0.4 is 4.72 Å². The van der Waals surface area contributed by atoms with Crippen LogP contribution in [0.1, 0.15) is 53.7 Å². The van der Waals surface area contributed by atoms with Gasteiger partial charge >= 0.3 is 5.97 Å². The minimum absolute atomic E-state index is 0.182. The van der Waals surface area contributed by atoms with Crippen LogP contribution in [0.4, 0.5) is 5.69 Å². The van der Waals surface area contributed by atoms with E-state index in [2.05, 4.69) is 21.7 Å². The zero-order valence-corrected chi connectivity index (χ0v) is 22.7. The summed E-state index contributed by atoms with van der Waals surface area (Å²) in [6.07, 6.45) is 5.30. The Hall–Kier alpha value is -2.59. The van der Waals surface area contributed by atoms with Gasteiger partial charge in [0.2, 0.25) is 0 Å². The number of aromatic amines is 1. The molecule has 1 aliphatic rings. The minimum atomic E-state index is -3.99. The number of rotatable bonds is 6. The van der Waals surface area contributed by atoms with Crippen molar-refractivity contribution in [1.82, 2.24) is 9.88 Å². The molecule has 2 aromatic heterocycles. The molecule has 2 N–H and O–H groups in total. The van der Waals surface area contributed by atoms with Gasteiger partial charge in [0.15, 0.2) is 0 Å². The van der Waals surface area contributed by atoms with Crippen molar-refractivity contribution in [3.63, 3.8) is 0 Å². The Balaban J connectivity index is 1.60. The van der Waals surface area contributed by atoms with Gasteiger partial charge in [-0.3, -0.25) is 9.62 Å². The second-order valence-electron chi connectivity index (χ2n) is 9.16. The monoisotopic (exact) mass is 545 g/mol. The molecule has 5 rings (SSSR count). The van der Waals surface area contributed by atoms with E-state index >= 15 is 0 Å². The third-order valence-electron chi connectivity index (χ3n) is 6.82. The quantitative estimate of drug-likeness (QED) is 0.271. The number of halogens is 1. The fraction of sp³-hybridized carbons (Fsp3) is 0.346. The van der Waals surface area contributed by atoms with E-state index in [4.69, 9.17) is 16.3 Å². The highest BCUT2D eigenvalue weighted by Gasteiger charge is 2.28. The number of esters is 1. The van der Waals surface area contributed by atoms with Crippen molar-refractivity contribution >= 4 is 65.6 Å². The number of sulfonamides is 1. The molecule has 10 heteroatoms. The van der Waals surface area contributed by atoms with Crippen molar-refractivity contribution < 1.29 is 17.9 Å². The molecule has 2 aromatic carbocycles. The number of fused-ring (bicyclic) bond motifs is 2. The van der Waals surface area contributed by atoms with Gasteiger partial charge in [-0.1, -0.05) is 18.0 Å². The molecule has 1 fully saturated rings. The van der Waals surface area contributed by atoms with Gasteiger partial charge in [-0.25, -0.2) is 13.2 Å². The third kappa shape index (κ3) is 4.49. The normalized spacial score (nSPS) is 17.1. The number of nitrogens with zero attached hydrogens (tertiary/aromatic N) is 1. The Morgan fingerprint density at radius 1 is 1.25 bits per heavy atom. The number of thiophene rings is 1. The van der Waals surface area contributed by atoms with E-state index in [0.717, 1.165) is 45.9 Å². The fourth-order valence-electron chi connectivity index (χ4n) is 5.02. The molecule has 0 amide bonds. The number of H-pyrrole nitrogens is 1. The number of carbonyl (C=O) groups excluding carboxylic acids is 1. The van der Waals surface area contributed by atoms with Crippen molar-refractivity contribution in [1.29, 1.82) is 0 Å². The van der Waals surface area contributed by atoms with Crippen LogP contribution in [0.3, 0.4) is 0 Å². The third-order valence-corrected chi connectivity index (χ3v) is 10.3. The van der Waals surface area contributed by atoms with Crippen LogP contribution in [0.25, 0.3) is 21.0 Å². The van der Waals surface area contributed by atoms with Gasteiger partial charge in [-0.2, -0.15) is 0 Å². The number of likely N-dealkylation sites (tertiary alicyclic amines) is 1. The van der Waals surface area contributed by atoms with Crippen LogP contribution in [0.2, 0.25) is 5.02 Å². The smallest absolute Gasteiger partial charge is 0.340 e. The topological polar surface area (TPSA) is 91.5 Å². The van der Waals surface area contributed by atoms with Crippen molar-refractivity contribution in [3.05, 3.63) is 58.2 Å². The number of nitrogens with one attached hydrogen (secondary N) is 2. The Bertz CT molecular complexity index is 1580. The first kappa shape index (κ1) is 25.1. The second-order valence-corrected chi connectivity index (χ2v) is 12.5. The van der Waals surface area contributed by atoms with Crippen molar-refractivity contribution in [2.45, 2.75) is 43.4 Å². The van der Waals surface area contributed by atoms with Crippen LogP contribution in [0, 0.1) is 6.92 Å². The lowest BCUT2D eigenvalue weighted by atomic mass is 9.94. The molecule has 0 bridgehead atoms. The van der Waals surface area contributed by atoms with Gasteiger partial charge in [0.25, 0.3) is 10.0 Å². The van der Waals surface area contributed by atoms with Gasteiger partial charge in [0.1, 0.15) is 4.21 Å². The van der Waals surface area contributed by atoms with Gasteiger partial charge in [-0.15, -0.1) is 11.3 Å². The van der Waals surface area contributed by atoms with Crippen LogP contribution in [0.5, 0.6) is 0 Å². The minimum Gasteiger partial charge on any atom is -0.462 e. The van der Waals surface area contributed by atoms with Crippen LogP contribution in [0.15, 0.2) is 40.7 Å². The maximum atomic E-state index is 13.5. The zero-order valence-electron chi connectivity index (χ0n) is 20.4. The van der Waals surface area contributed by atoms with E-state index in [1.165, 1.54) is 17.8 Å². The number of benzene rings is 2. The van der Waals surface area contributed by atoms with E-state index in [-0.39, 0.29) is 28.1 Å². The van der Waals surface area contributed by atoms with Crippen LogP contribution >= 0.6 is 22.9 Å². The summed E-state index contributed by atoms with van der Waals surface area (Å²) < 4.78 is 36.1. The summed E-state index contributed by atoms with van der Waals surface area (Å²) in [5.74, 6) is -0.568.